The molecule has 1 amide bonds. The number of anilines is 1. The van der Waals surface area contributed by atoms with Crippen molar-refractivity contribution in [3.8, 4) is 5.75 Å². The van der Waals surface area contributed by atoms with Crippen LogP contribution in [0, 0.1) is 0 Å². The van der Waals surface area contributed by atoms with Crippen molar-refractivity contribution in [1.29, 1.82) is 0 Å². The molecule has 9 heteroatoms. The first kappa shape index (κ1) is 23.1. The third kappa shape index (κ3) is 6.43. The van der Waals surface area contributed by atoms with Gasteiger partial charge in [-0.25, -0.2) is 9.59 Å². The van der Waals surface area contributed by atoms with E-state index < -0.39 is 17.8 Å². The predicted molar refractivity (Wildman–Crippen MR) is 113 cm³/mol. The second kappa shape index (κ2) is 11.7. The van der Waals surface area contributed by atoms with Gasteiger partial charge in [-0.15, -0.1) is 11.3 Å². The van der Waals surface area contributed by atoms with Crippen LogP contribution in [0.5, 0.6) is 5.75 Å². The minimum Gasteiger partial charge on any atom is -0.468 e. The van der Waals surface area contributed by atoms with Gasteiger partial charge in [-0.05, 0) is 37.6 Å². The van der Waals surface area contributed by atoms with Gasteiger partial charge < -0.3 is 24.3 Å². The topological polar surface area (TPSA) is 100 Å². The Morgan fingerprint density at radius 2 is 1.70 bits per heavy atom. The van der Waals surface area contributed by atoms with E-state index in [2.05, 4.69) is 5.32 Å². The molecule has 0 bridgehead atoms. The molecule has 0 aliphatic carbocycles. The van der Waals surface area contributed by atoms with E-state index in [1.165, 1.54) is 18.6 Å². The Morgan fingerprint density at radius 1 is 1.03 bits per heavy atom. The first-order chi connectivity index (χ1) is 14.5. The van der Waals surface area contributed by atoms with Crippen molar-refractivity contribution in [1.82, 2.24) is 0 Å². The van der Waals surface area contributed by atoms with Crippen LogP contribution in [0.4, 0.5) is 5.00 Å². The molecule has 0 fully saturated rings. The first-order valence-electron chi connectivity index (χ1n) is 9.16. The number of amides is 1. The number of ether oxygens (including phenoxy) is 4. The van der Waals surface area contributed by atoms with Crippen LogP contribution >= 0.6 is 11.3 Å². The molecule has 0 unspecified atom stereocenters. The van der Waals surface area contributed by atoms with Crippen LogP contribution in [0.2, 0.25) is 0 Å². The Kier molecular flexibility index (Phi) is 9.04. The first-order valence-corrected chi connectivity index (χ1v) is 10.0. The maximum atomic E-state index is 12.3. The molecule has 1 N–H and O–H groups in total. The fraction of sp³-hybridized carbons (Fsp3) is 0.286. The van der Waals surface area contributed by atoms with E-state index in [1.807, 2.05) is 0 Å². The molecule has 0 radical (unpaired) electrons. The van der Waals surface area contributed by atoms with E-state index in [-0.39, 0.29) is 36.1 Å². The summed E-state index contributed by atoms with van der Waals surface area (Å²) in [7, 11) is 1.53. The van der Waals surface area contributed by atoms with Crippen molar-refractivity contribution in [2.24, 2.45) is 0 Å². The standard InChI is InChI=1S/C21H23NO7S/c1-4-27-20(24)16-12-30-19(18(16)21(25)28-5-2)22-17(23)11-8-14-6-9-15(10-7-14)29-13-26-3/h6-12H,4-5,13H2,1-3H3,(H,22,23)/b11-8+. The van der Waals surface area contributed by atoms with Crippen LogP contribution in [-0.2, 0) is 19.0 Å². The zero-order valence-corrected chi connectivity index (χ0v) is 17.7. The molecule has 0 aliphatic heterocycles. The van der Waals surface area contributed by atoms with E-state index >= 15 is 0 Å². The summed E-state index contributed by atoms with van der Waals surface area (Å²) < 4.78 is 20.1. The van der Waals surface area contributed by atoms with Crippen LogP contribution in [-0.4, -0.2) is 45.0 Å². The molecule has 1 heterocycles. The van der Waals surface area contributed by atoms with Gasteiger partial charge in [-0.1, -0.05) is 12.1 Å². The second-order valence-electron chi connectivity index (χ2n) is 5.74. The zero-order chi connectivity index (χ0) is 21.9. The maximum Gasteiger partial charge on any atom is 0.342 e. The van der Waals surface area contributed by atoms with Crippen LogP contribution < -0.4 is 10.1 Å². The molecule has 0 spiro atoms. The quantitative estimate of drug-likeness (QED) is 0.346. The summed E-state index contributed by atoms with van der Waals surface area (Å²) in [6.45, 7) is 3.76. The average Bonchev–Trinajstić information content (AvgIpc) is 3.15. The van der Waals surface area contributed by atoms with E-state index in [4.69, 9.17) is 18.9 Å². The van der Waals surface area contributed by atoms with Gasteiger partial charge in [0.1, 0.15) is 16.3 Å². The summed E-state index contributed by atoms with van der Waals surface area (Å²) in [6, 6.07) is 7.06. The molecule has 1 aromatic carbocycles. The number of rotatable bonds is 10. The molecule has 0 atom stereocenters. The van der Waals surface area contributed by atoms with Gasteiger partial charge in [0, 0.05) is 18.6 Å². The van der Waals surface area contributed by atoms with Crippen LogP contribution in [0.1, 0.15) is 40.1 Å². The number of carbonyl (C=O) groups is 3. The van der Waals surface area contributed by atoms with E-state index in [0.29, 0.717) is 5.75 Å². The second-order valence-corrected chi connectivity index (χ2v) is 6.62. The molecule has 0 saturated carbocycles. The van der Waals surface area contributed by atoms with Gasteiger partial charge in [-0.3, -0.25) is 4.79 Å². The summed E-state index contributed by atoms with van der Waals surface area (Å²) in [5, 5.41) is 4.30. The van der Waals surface area contributed by atoms with Crippen LogP contribution in [0.15, 0.2) is 35.7 Å². The molecular formula is C21H23NO7S. The molecule has 160 valence electrons. The number of esters is 2. The molecule has 0 aliphatic rings. The summed E-state index contributed by atoms with van der Waals surface area (Å²) in [6.07, 6.45) is 2.93. The van der Waals surface area contributed by atoms with Gasteiger partial charge in [0.15, 0.2) is 6.79 Å². The maximum absolute atomic E-state index is 12.3. The lowest BCUT2D eigenvalue weighted by molar-refractivity contribution is -0.111. The minimum absolute atomic E-state index is 0.0123. The van der Waals surface area contributed by atoms with Gasteiger partial charge in [0.05, 0.1) is 18.8 Å². The fourth-order valence-electron chi connectivity index (χ4n) is 2.34. The highest BCUT2D eigenvalue weighted by atomic mass is 32.1. The minimum atomic E-state index is -0.701. The summed E-state index contributed by atoms with van der Waals surface area (Å²) >= 11 is 1.05. The largest absolute Gasteiger partial charge is 0.468 e. The third-order valence-corrected chi connectivity index (χ3v) is 4.55. The summed E-state index contributed by atoms with van der Waals surface area (Å²) in [5.41, 5.74) is 0.826. The molecule has 30 heavy (non-hydrogen) atoms. The van der Waals surface area contributed by atoms with Crippen LogP contribution in [0.25, 0.3) is 6.08 Å². The van der Waals surface area contributed by atoms with Gasteiger partial charge >= 0.3 is 11.9 Å². The van der Waals surface area contributed by atoms with Gasteiger partial charge in [-0.2, -0.15) is 0 Å². The fourth-order valence-corrected chi connectivity index (χ4v) is 3.26. The van der Waals surface area contributed by atoms with Crippen molar-refractivity contribution >= 4 is 40.3 Å². The Balaban J connectivity index is 2.12. The molecule has 2 rings (SSSR count). The van der Waals surface area contributed by atoms with Gasteiger partial charge in [0.2, 0.25) is 5.91 Å². The number of methoxy groups -OCH3 is 1. The Morgan fingerprint density at radius 3 is 2.33 bits per heavy atom. The van der Waals surface area contributed by atoms with Crippen molar-refractivity contribution in [2.75, 3.05) is 32.4 Å². The Bertz CT molecular complexity index is 903. The van der Waals surface area contributed by atoms with Gasteiger partial charge in [0.25, 0.3) is 0 Å². The SMILES string of the molecule is CCOC(=O)c1csc(NC(=O)/C=C/c2ccc(OCOC)cc2)c1C(=O)OCC. The lowest BCUT2D eigenvalue weighted by Gasteiger charge is -2.07. The highest BCUT2D eigenvalue weighted by molar-refractivity contribution is 7.15. The van der Waals surface area contributed by atoms with E-state index in [1.54, 1.807) is 44.2 Å². The zero-order valence-electron chi connectivity index (χ0n) is 16.9. The number of carbonyl (C=O) groups excluding carboxylic acids is 3. The average molecular weight is 433 g/mol. The van der Waals surface area contributed by atoms with Crippen molar-refractivity contribution in [3.05, 3.63) is 52.4 Å². The Labute approximate surface area is 178 Å². The Hall–Kier alpha value is -3.17. The highest BCUT2D eigenvalue weighted by Gasteiger charge is 2.26. The monoisotopic (exact) mass is 433 g/mol. The van der Waals surface area contributed by atoms with Crippen molar-refractivity contribution in [3.63, 3.8) is 0 Å². The number of benzene rings is 1. The smallest absolute Gasteiger partial charge is 0.342 e. The highest BCUT2D eigenvalue weighted by Crippen LogP contribution is 2.30. The summed E-state index contributed by atoms with van der Waals surface area (Å²) in [4.78, 5) is 36.8. The molecule has 0 saturated heterocycles. The number of thiophene rings is 1. The number of hydrogen-bond acceptors (Lipinski definition) is 8. The van der Waals surface area contributed by atoms with Crippen molar-refractivity contribution in [2.45, 2.75) is 13.8 Å². The lowest BCUT2D eigenvalue weighted by atomic mass is 10.2. The third-order valence-electron chi connectivity index (χ3n) is 3.65. The molecule has 1 aromatic heterocycles. The van der Waals surface area contributed by atoms with Crippen molar-refractivity contribution < 1.29 is 33.3 Å². The van der Waals surface area contributed by atoms with E-state index in [9.17, 15) is 14.4 Å². The molecular weight excluding hydrogens is 410 g/mol. The molecule has 8 nitrogen and oxygen atoms in total. The summed E-state index contributed by atoms with van der Waals surface area (Å²) in [5.74, 6) is -1.17. The normalized spacial score (nSPS) is 10.6. The van der Waals surface area contributed by atoms with Crippen LogP contribution in [0.3, 0.4) is 0 Å². The molecule has 2 aromatic rings. The number of hydrogen-bond donors (Lipinski definition) is 1. The predicted octanol–water partition coefficient (Wildman–Crippen LogP) is 3.74. The number of nitrogens with one attached hydrogen (secondary N) is 1. The van der Waals surface area contributed by atoms with E-state index in [0.717, 1.165) is 16.9 Å². The lowest BCUT2D eigenvalue weighted by Crippen LogP contribution is -2.15.